The predicted molar refractivity (Wildman–Crippen MR) is 46.2 cm³/mol. The topological polar surface area (TPSA) is 381 Å². The van der Waals surface area contributed by atoms with Gasteiger partial charge in [-0.1, -0.05) is 0 Å². The molecule has 15 nitrogen and oxygen atoms in total. The van der Waals surface area contributed by atoms with Crippen molar-refractivity contribution in [2.24, 2.45) is 0 Å². The van der Waals surface area contributed by atoms with Crippen LogP contribution in [0.3, 0.4) is 0 Å². The van der Waals surface area contributed by atoms with Gasteiger partial charge in [-0.15, -0.1) is 0 Å². The van der Waals surface area contributed by atoms with Gasteiger partial charge in [0.05, 0.1) is 0 Å². The van der Waals surface area contributed by atoms with E-state index in [1.807, 2.05) is 0 Å². The van der Waals surface area contributed by atoms with Crippen LogP contribution in [0.25, 0.3) is 0 Å². The second-order valence-electron chi connectivity index (χ2n) is 0.816. The minimum atomic E-state index is -5.17. The summed E-state index contributed by atoms with van der Waals surface area (Å²) in [5.74, 6) is 0. The van der Waals surface area contributed by atoms with Gasteiger partial charge in [0.1, 0.15) is 0 Å². The molecule has 0 bridgehead atoms. The van der Waals surface area contributed by atoms with Gasteiger partial charge in [-0.3, -0.25) is 16.8 Å². The Hall–Kier alpha value is 0.148. The van der Waals surface area contributed by atoms with Crippen molar-refractivity contribution in [3.05, 3.63) is 0 Å². The van der Waals surface area contributed by atoms with Crippen molar-refractivity contribution in [3.8, 4) is 0 Å². The van der Waals surface area contributed by atoms with Crippen molar-refractivity contribution >= 4 is 20.8 Å². The molecule has 0 atom stereocenters. The van der Waals surface area contributed by atoms with Crippen molar-refractivity contribution in [1.82, 2.24) is 0 Å². The summed E-state index contributed by atoms with van der Waals surface area (Å²) in [6, 6.07) is 0. The zero-order chi connectivity index (χ0) is 9.00. The first kappa shape index (κ1) is 80.4. The second-order valence-corrected chi connectivity index (χ2v) is 2.45. The Bertz CT molecular complexity index is 211. The molecule has 0 saturated heterocycles. The van der Waals surface area contributed by atoms with E-state index < -0.39 is 20.8 Å². The first-order valence-electron chi connectivity index (χ1n) is 1.33. The van der Waals surface area contributed by atoms with Crippen LogP contribution < -0.4 is 0 Å². The van der Waals surface area contributed by atoms with Gasteiger partial charge < -0.3 is 56.5 Å². The van der Waals surface area contributed by atoms with E-state index in [0.717, 1.165) is 0 Å². The van der Waals surface area contributed by atoms with Crippen molar-refractivity contribution in [3.63, 3.8) is 0 Å². The molecule has 0 aromatic carbocycles. The Labute approximate surface area is 115 Å². The molecular formula is H14MoO15S2. The van der Waals surface area contributed by atoms with Gasteiger partial charge >= 0.3 is 21.1 Å². The van der Waals surface area contributed by atoms with Crippen LogP contribution in [0.5, 0.6) is 0 Å². The Morgan fingerprint density at radius 2 is 0.444 bits per heavy atom. The van der Waals surface area contributed by atoms with Crippen LogP contribution in [0.1, 0.15) is 0 Å². The Balaban J connectivity index is -0.00000000615. The summed E-state index contributed by atoms with van der Waals surface area (Å²) in [5, 5.41) is 0. The van der Waals surface area contributed by atoms with Gasteiger partial charge in [0.25, 0.3) is 0 Å². The molecule has 0 fully saturated rings. The van der Waals surface area contributed by atoms with Crippen molar-refractivity contribution in [1.29, 1.82) is 0 Å². The van der Waals surface area contributed by atoms with E-state index in [9.17, 15) is 0 Å². The monoisotopic (exact) mass is 416 g/mol. The molecule has 0 rings (SSSR count). The third kappa shape index (κ3) is 168000. The SMILES string of the molecule is O.O.O.O.O.O.O.O=S(=O)([O-])[O-].O=S(=O)([O-])[O-].[Mo+4]. The Morgan fingerprint density at radius 1 is 0.444 bits per heavy atom. The van der Waals surface area contributed by atoms with Crippen LogP contribution in [0, 0.1) is 0 Å². The van der Waals surface area contributed by atoms with Crippen molar-refractivity contribution in [2.45, 2.75) is 0 Å². The van der Waals surface area contributed by atoms with Gasteiger partial charge in [0.15, 0.2) is 0 Å². The van der Waals surface area contributed by atoms with Gasteiger partial charge in [-0.05, 0) is 0 Å². The van der Waals surface area contributed by atoms with Crippen molar-refractivity contribution < 1.29 is 94.4 Å². The maximum absolute atomic E-state index is 8.52. The summed E-state index contributed by atoms with van der Waals surface area (Å²) < 4.78 is 68.2. The first-order chi connectivity index (χ1) is 4.00. The molecule has 0 spiro atoms. The van der Waals surface area contributed by atoms with Crippen LogP contribution in [-0.4, -0.2) is 73.4 Å². The largest absolute Gasteiger partial charge is 4.00 e. The van der Waals surface area contributed by atoms with E-state index in [1.54, 1.807) is 0 Å². The fraction of sp³-hybridized carbons (Fsp3) is 0. The van der Waals surface area contributed by atoms with E-state index >= 15 is 0 Å². The fourth-order valence-corrected chi connectivity index (χ4v) is 0. The fourth-order valence-electron chi connectivity index (χ4n) is 0. The molecule has 0 radical (unpaired) electrons. The summed E-state index contributed by atoms with van der Waals surface area (Å²) in [5.41, 5.74) is 0. The smallest absolute Gasteiger partial charge is 0.759 e. The molecule has 0 saturated carbocycles. The predicted octanol–water partition coefficient (Wildman–Crippen LogP) is -8.45. The zero-order valence-corrected chi connectivity index (χ0v) is 11.6. The third-order valence-corrected chi connectivity index (χ3v) is 0. The van der Waals surface area contributed by atoms with Crippen molar-refractivity contribution in [2.75, 3.05) is 0 Å². The maximum atomic E-state index is 8.52. The molecular weight excluding hydrogens is 400 g/mol. The summed E-state index contributed by atoms with van der Waals surface area (Å²) in [4.78, 5) is 0. The minimum Gasteiger partial charge on any atom is -0.759 e. The molecule has 0 aliphatic rings. The Morgan fingerprint density at radius 3 is 0.444 bits per heavy atom. The quantitative estimate of drug-likeness (QED) is 0.207. The van der Waals surface area contributed by atoms with E-state index in [0.29, 0.717) is 0 Å². The zero-order valence-electron chi connectivity index (χ0n) is 7.99. The van der Waals surface area contributed by atoms with E-state index in [4.69, 9.17) is 35.0 Å². The summed E-state index contributed by atoms with van der Waals surface area (Å²) in [7, 11) is -10.3. The summed E-state index contributed by atoms with van der Waals surface area (Å²) in [6.07, 6.45) is 0. The van der Waals surface area contributed by atoms with E-state index in [1.165, 1.54) is 0 Å². The van der Waals surface area contributed by atoms with Gasteiger partial charge in [0.2, 0.25) is 0 Å². The molecule has 14 N–H and O–H groups in total. The maximum Gasteiger partial charge on any atom is 4.00 e. The van der Waals surface area contributed by atoms with Gasteiger partial charge in [-0.2, -0.15) is 0 Å². The number of hydrogen-bond acceptors (Lipinski definition) is 8. The molecule has 18 heavy (non-hydrogen) atoms. The molecule has 0 aromatic heterocycles. The van der Waals surface area contributed by atoms with Gasteiger partial charge in [0, 0.05) is 20.8 Å². The van der Waals surface area contributed by atoms with Crippen LogP contribution in [-0.2, 0) is 41.9 Å². The normalized spacial score (nSPS) is 6.44. The van der Waals surface area contributed by atoms with Crippen LogP contribution in [0.4, 0.5) is 0 Å². The third-order valence-electron chi connectivity index (χ3n) is 0. The summed E-state index contributed by atoms with van der Waals surface area (Å²) in [6.45, 7) is 0. The number of hydrogen-bond donors (Lipinski definition) is 0. The molecule has 0 amide bonds. The standard InChI is InChI=1S/Mo.2H2O4S.7H2O/c;2*1-5(2,3)4;;;;;;;/h;2*(H2,1,2,3,4);7*1H2/q+4;;;;;;;;;/p-4. The first-order valence-corrected chi connectivity index (χ1v) is 4.00. The molecule has 0 heterocycles. The van der Waals surface area contributed by atoms with Crippen LogP contribution >= 0.6 is 0 Å². The molecule has 0 unspecified atom stereocenters. The summed E-state index contributed by atoms with van der Waals surface area (Å²) >= 11 is 0. The molecule has 18 heteroatoms. The molecule has 0 aliphatic carbocycles. The number of rotatable bonds is 0. The molecule has 0 aromatic rings. The Kier molecular flexibility index (Phi) is 135. The minimum absolute atomic E-state index is 0. The van der Waals surface area contributed by atoms with Gasteiger partial charge in [-0.25, -0.2) is 0 Å². The molecule has 0 aliphatic heterocycles. The van der Waals surface area contributed by atoms with Crippen LogP contribution in [0.2, 0.25) is 0 Å². The second kappa shape index (κ2) is 30.3. The average Bonchev–Trinajstić information content (AvgIpc) is 1.12. The van der Waals surface area contributed by atoms with Crippen LogP contribution in [0.15, 0.2) is 0 Å². The molecule has 122 valence electrons. The van der Waals surface area contributed by atoms with E-state index in [2.05, 4.69) is 0 Å². The van der Waals surface area contributed by atoms with E-state index in [-0.39, 0.29) is 59.4 Å². The average molecular weight is 414 g/mol.